The van der Waals surface area contributed by atoms with E-state index < -0.39 is 17.3 Å². The van der Waals surface area contributed by atoms with Crippen LogP contribution < -0.4 is 0 Å². The van der Waals surface area contributed by atoms with Gasteiger partial charge in [0.15, 0.2) is 17.4 Å². The Morgan fingerprint density at radius 2 is 1.81 bits per heavy atom. The first kappa shape index (κ1) is 20.8. The Balaban J connectivity index is 1.76. The van der Waals surface area contributed by atoms with E-state index in [2.05, 4.69) is 9.97 Å². The highest BCUT2D eigenvalue weighted by Gasteiger charge is 2.24. The van der Waals surface area contributed by atoms with E-state index in [0.29, 0.717) is 27.2 Å². The number of hydrogen-bond donors (Lipinski definition) is 0. The van der Waals surface area contributed by atoms with Crippen molar-refractivity contribution >= 4 is 34.1 Å². The van der Waals surface area contributed by atoms with Crippen molar-refractivity contribution in [1.29, 1.82) is 0 Å². The van der Waals surface area contributed by atoms with Gasteiger partial charge >= 0.3 is 6.09 Å². The van der Waals surface area contributed by atoms with E-state index in [1.54, 1.807) is 73.8 Å². The molecule has 31 heavy (non-hydrogen) atoms. The molecule has 0 saturated heterocycles. The molecule has 4 rings (SSSR count). The van der Waals surface area contributed by atoms with E-state index in [0.717, 1.165) is 0 Å². The smallest absolute Gasteiger partial charge is 0.420 e. The summed E-state index contributed by atoms with van der Waals surface area (Å²) in [6.45, 7) is 1.87. The predicted molar refractivity (Wildman–Crippen MR) is 116 cm³/mol. The molecule has 0 amide bonds. The van der Waals surface area contributed by atoms with Gasteiger partial charge in [-0.25, -0.2) is 19.3 Å². The Bertz CT molecular complexity index is 1230. The zero-order chi connectivity index (χ0) is 21.8. The number of ketones is 1. The molecule has 2 aromatic heterocycles. The molecule has 0 radical (unpaired) electrons. The lowest BCUT2D eigenvalue weighted by Gasteiger charge is -2.11. The zero-order valence-electron chi connectivity index (χ0n) is 16.7. The Morgan fingerprint density at radius 1 is 1.03 bits per heavy atom. The Kier molecular flexibility index (Phi) is 6.11. The normalized spacial score (nSPS) is 11.9. The lowest BCUT2D eigenvalue weighted by atomic mass is 10.0. The highest BCUT2D eigenvalue weighted by atomic mass is 32.2. The molecule has 8 heteroatoms. The number of ether oxygens (including phenoxy) is 1. The first-order chi connectivity index (χ1) is 15.1. The first-order valence-corrected chi connectivity index (χ1v) is 11.0. The van der Waals surface area contributed by atoms with Gasteiger partial charge in [-0.3, -0.25) is 4.79 Å². The number of carbonyl (C=O) groups excluding carboxylic acids is 2. The number of benzene rings is 2. The van der Waals surface area contributed by atoms with Crippen LogP contribution >= 0.6 is 0 Å². The van der Waals surface area contributed by atoms with Crippen LogP contribution in [-0.4, -0.2) is 37.6 Å². The number of aromatic nitrogens is 3. The van der Waals surface area contributed by atoms with Crippen LogP contribution in [0.5, 0.6) is 0 Å². The van der Waals surface area contributed by atoms with Gasteiger partial charge in [-0.05, 0) is 31.2 Å². The van der Waals surface area contributed by atoms with Crippen molar-refractivity contribution in [2.45, 2.75) is 17.7 Å². The molecule has 0 fully saturated rings. The average molecular weight is 433 g/mol. The molecule has 2 heterocycles. The van der Waals surface area contributed by atoms with Crippen LogP contribution in [0, 0.1) is 0 Å². The minimum atomic E-state index is -1.50. The third-order valence-corrected chi connectivity index (χ3v) is 5.83. The summed E-state index contributed by atoms with van der Waals surface area (Å²) >= 11 is -1.50. The number of hydrogen-bond acceptors (Lipinski definition) is 6. The molecule has 0 saturated carbocycles. The number of rotatable bonds is 6. The van der Waals surface area contributed by atoms with Gasteiger partial charge in [0, 0.05) is 34.6 Å². The molecule has 0 aliphatic carbocycles. The molecular weight excluding hydrogens is 414 g/mol. The van der Waals surface area contributed by atoms with Crippen LogP contribution in [-0.2, 0) is 21.7 Å². The third-order valence-electron chi connectivity index (χ3n) is 4.60. The summed E-state index contributed by atoms with van der Waals surface area (Å²) in [6.07, 6.45) is 0.922. The lowest BCUT2D eigenvalue weighted by molar-refractivity contribution is 0.103. The first-order valence-electron chi connectivity index (χ1n) is 9.66. The van der Waals surface area contributed by atoms with Gasteiger partial charge in [0.05, 0.1) is 17.6 Å². The van der Waals surface area contributed by atoms with Crippen LogP contribution in [0.3, 0.4) is 0 Å². The maximum absolute atomic E-state index is 12.9. The summed E-state index contributed by atoms with van der Waals surface area (Å²) in [6, 6.07) is 19.0. The van der Waals surface area contributed by atoms with Gasteiger partial charge in [-0.15, -0.1) is 0 Å². The average Bonchev–Trinajstić information content (AvgIpc) is 3.17. The molecule has 0 aliphatic rings. The predicted octanol–water partition coefficient (Wildman–Crippen LogP) is 3.97. The van der Waals surface area contributed by atoms with Crippen molar-refractivity contribution in [2.24, 2.45) is 0 Å². The summed E-state index contributed by atoms with van der Waals surface area (Å²) in [7, 11) is 0. The second-order valence-corrected chi connectivity index (χ2v) is 8.02. The molecule has 4 aromatic rings. The molecule has 1 atom stereocenters. The quantitative estimate of drug-likeness (QED) is 0.337. The van der Waals surface area contributed by atoms with Gasteiger partial charge in [0.2, 0.25) is 5.03 Å². The number of nitrogens with zero attached hydrogens (tertiary/aromatic N) is 3. The van der Waals surface area contributed by atoms with Crippen molar-refractivity contribution in [3.05, 3.63) is 89.9 Å². The maximum Gasteiger partial charge on any atom is 0.420 e. The Morgan fingerprint density at radius 3 is 2.52 bits per heavy atom. The molecule has 2 aromatic carbocycles. The minimum absolute atomic E-state index is 0.0214. The molecule has 0 N–H and O–H groups in total. The van der Waals surface area contributed by atoms with E-state index >= 15 is 0 Å². The third kappa shape index (κ3) is 4.35. The van der Waals surface area contributed by atoms with Gasteiger partial charge in [0.25, 0.3) is 0 Å². The minimum Gasteiger partial charge on any atom is -0.610 e. The van der Waals surface area contributed by atoms with Crippen molar-refractivity contribution in [3.63, 3.8) is 0 Å². The number of fused-ring (bicyclic) bond motifs is 1. The van der Waals surface area contributed by atoms with Crippen LogP contribution in [0.4, 0.5) is 4.79 Å². The summed E-state index contributed by atoms with van der Waals surface area (Å²) < 4.78 is 19.2. The summed E-state index contributed by atoms with van der Waals surface area (Å²) in [5.41, 5.74) is 1.89. The van der Waals surface area contributed by atoms with E-state index in [-0.39, 0.29) is 24.0 Å². The largest absolute Gasteiger partial charge is 0.610 e. The Hall–Kier alpha value is -3.49. The van der Waals surface area contributed by atoms with Gasteiger partial charge in [-0.2, -0.15) is 0 Å². The second kappa shape index (κ2) is 9.11. The van der Waals surface area contributed by atoms with Crippen molar-refractivity contribution in [3.8, 4) is 0 Å². The summed E-state index contributed by atoms with van der Waals surface area (Å²) in [4.78, 5) is 34.2. The molecule has 0 aliphatic heterocycles. The van der Waals surface area contributed by atoms with Crippen LogP contribution in [0.25, 0.3) is 11.0 Å². The molecular formula is C23H19N3O4S. The van der Waals surface area contributed by atoms with Gasteiger partial charge in [0.1, 0.15) is 0 Å². The standard InChI is InChI=1S/C23H19N3O4S/c1-2-30-23(28)26-19-14-17(22(27)16-8-4-3-5-9-16)11-12-18(19)25-20(26)15-31(29)21-10-6-7-13-24-21/h3-14H,2,15H2,1H3. The fourth-order valence-electron chi connectivity index (χ4n) is 3.18. The van der Waals surface area contributed by atoms with E-state index in [1.807, 2.05) is 6.07 Å². The fourth-order valence-corrected chi connectivity index (χ4v) is 4.17. The highest BCUT2D eigenvalue weighted by molar-refractivity contribution is 7.90. The highest BCUT2D eigenvalue weighted by Crippen LogP contribution is 2.23. The monoisotopic (exact) mass is 433 g/mol. The topological polar surface area (TPSA) is 97.1 Å². The van der Waals surface area contributed by atoms with Gasteiger partial charge in [-0.1, -0.05) is 36.4 Å². The maximum atomic E-state index is 12.9. The van der Waals surface area contributed by atoms with E-state index in [1.165, 1.54) is 4.57 Å². The van der Waals surface area contributed by atoms with E-state index in [9.17, 15) is 14.1 Å². The zero-order valence-corrected chi connectivity index (χ0v) is 17.5. The van der Waals surface area contributed by atoms with Crippen molar-refractivity contribution in [2.75, 3.05) is 6.61 Å². The van der Waals surface area contributed by atoms with Crippen LogP contribution in [0.1, 0.15) is 28.7 Å². The van der Waals surface area contributed by atoms with Crippen LogP contribution in [0.2, 0.25) is 0 Å². The number of pyridine rings is 1. The molecule has 7 nitrogen and oxygen atoms in total. The molecule has 0 spiro atoms. The van der Waals surface area contributed by atoms with Crippen molar-refractivity contribution in [1.82, 2.24) is 14.5 Å². The fraction of sp³-hybridized carbons (Fsp3) is 0.130. The molecule has 0 bridgehead atoms. The van der Waals surface area contributed by atoms with Gasteiger partial charge < -0.3 is 9.29 Å². The second-order valence-electron chi connectivity index (χ2n) is 6.62. The lowest BCUT2D eigenvalue weighted by Crippen LogP contribution is -2.19. The Labute approximate surface area is 181 Å². The molecule has 156 valence electrons. The number of imidazole rings is 1. The summed E-state index contributed by atoms with van der Waals surface area (Å²) in [5.74, 6) is 0.0893. The number of carbonyl (C=O) groups is 2. The SMILES string of the molecule is CCOC(=O)n1c(C[S+]([O-])c2ccccn2)nc2ccc(C(=O)c3ccccc3)cc21. The van der Waals surface area contributed by atoms with Crippen LogP contribution in [0.15, 0.2) is 78.0 Å². The summed E-state index contributed by atoms with van der Waals surface area (Å²) in [5, 5.41) is 0.393. The van der Waals surface area contributed by atoms with E-state index in [4.69, 9.17) is 4.74 Å². The molecule has 1 unspecified atom stereocenters. The van der Waals surface area contributed by atoms with Crippen molar-refractivity contribution < 1.29 is 18.9 Å².